The molecular formula is C32H22N2O6. The highest BCUT2D eigenvalue weighted by Crippen LogP contribution is 2.24. The second-order valence-corrected chi connectivity index (χ2v) is 9.07. The van der Waals surface area contributed by atoms with Crippen molar-refractivity contribution in [2.75, 3.05) is 5.32 Å². The largest absolute Gasteiger partial charge is 0.478 e. The van der Waals surface area contributed by atoms with Crippen molar-refractivity contribution in [3.05, 3.63) is 142 Å². The van der Waals surface area contributed by atoms with Gasteiger partial charge in [0.1, 0.15) is 0 Å². The lowest BCUT2D eigenvalue weighted by atomic mass is 10.0. The Morgan fingerprint density at radius 1 is 0.750 bits per heavy atom. The van der Waals surface area contributed by atoms with Crippen molar-refractivity contribution in [1.82, 2.24) is 4.90 Å². The molecule has 0 unspecified atom stereocenters. The fraction of sp³-hybridized carbons (Fsp3) is 0.0312. The van der Waals surface area contributed by atoms with Crippen LogP contribution in [0, 0.1) is 0 Å². The number of carboxylic acids is 1. The van der Waals surface area contributed by atoms with Crippen LogP contribution in [0.3, 0.4) is 0 Å². The summed E-state index contributed by atoms with van der Waals surface area (Å²) < 4.78 is 0. The van der Waals surface area contributed by atoms with Gasteiger partial charge in [-0.25, -0.2) is 4.79 Å². The zero-order valence-electron chi connectivity index (χ0n) is 21.0. The van der Waals surface area contributed by atoms with Crippen LogP contribution >= 0.6 is 0 Å². The van der Waals surface area contributed by atoms with Crippen LogP contribution in [0.1, 0.15) is 62.9 Å². The van der Waals surface area contributed by atoms with E-state index in [2.05, 4.69) is 5.32 Å². The third-order valence-electron chi connectivity index (χ3n) is 6.42. The van der Waals surface area contributed by atoms with Gasteiger partial charge < -0.3 is 10.4 Å². The Labute approximate surface area is 229 Å². The summed E-state index contributed by atoms with van der Waals surface area (Å²) in [4.78, 5) is 63.7. The predicted octanol–water partition coefficient (Wildman–Crippen LogP) is 5.33. The Bertz CT molecular complexity index is 1690. The minimum absolute atomic E-state index is 0.0226. The minimum Gasteiger partial charge on any atom is -0.478 e. The SMILES string of the molecule is O=C(/C=C/c1ccccc1C(=O)O)c1cccc(NC(=O)c2cccc(CN3C(=O)c4ccccc4C3=O)c2)c1. The number of aromatic carboxylic acids is 1. The number of rotatable bonds is 8. The van der Waals surface area contributed by atoms with Gasteiger partial charge in [0, 0.05) is 16.8 Å². The molecule has 1 aliphatic rings. The molecule has 0 spiro atoms. The summed E-state index contributed by atoms with van der Waals surface area (Å²) in [5.74, 6) is -2.64. The first-order valence-corrected chi connectivity index (χ1v) is 12.3. The van der Waals surface area contributed by atoms with E-state index in [0.29, 0.717) is 39.1 Å². The maximum absolute atomic E-state index is 13.0. The second kappa shape index (κ2) is 11.0. The third-order valence-corrected chi connectivity index (χ3v) is 6.42. The summed E-state index contributed by atoms with van der Waals surface area (Å²) >= 11 is 0. The topological polar surface area (TPSA) is 121 Å². The normalized spacial score (nSPS) is 12.4. The van der Waals surface area contributed by atoms with E-state index >= 15 is 0 Å². The van der Waals surface area contributed by atoms with Crippen LogP contribution in [0.5, 0.6) is 0 Å². The van der Waals surface area contributed by atoms with E-state index in [9.17, 15) is 29.1 Å². The average Bonchev–Trinajstić information content (AvgIpc) is 3.21. The van der Waals surface area contributed by atoms with Gasteiger partial charge in [0.05, 0.1) is 23.2 Å². The van der Waals surface area contributed by atoms with Gasteiger partial charge in [-0.2, -0.15) is 0 Å². The lowest BCUT2D eigenvalue weighted by Crippen LogP contribution is -2.29. The first-order chi connectivity index (χ1) is 19.3. The number of carbonyl (C=O) groups is 5. The number of hydrogen-bond acceptors (Lipinski definition) is 5. The van der Waals surface area contributed by atoms with Crippen LogP contribution in [0.25, 0.3) is 6.08 Å². The molecule has 4 aromatic carbocycles. The van der Waals surface area contributed by atoms with Crippen molar-refractivity contribution in [3.63, 3.8) is 0 Å². The third kappa shape index (κ3) is 5.32. The molecule has 0 atom stereocenters. The number of ketones is 1. The molecule has 0 saturated carbocycles. The number of carboxylic acid groups (broad SMARTS) is 1. The summed E-state index contributed by atoms with van der Waals surface area (Å²) in [6.07, 6.45) is 2.72. The van der Waals surface area contributed by atoms with E-state index in [-0.39, 0.29) is 29.7 Å². The monoisotopic (exact) mass is 530 g/mol. The lowest BCUT2D eigenvalue weighted by molar-refractivity contribution is 0.0639. The summed E-state index contributed by atoms with van der Waals surface area (Å²) in [6, 6.07) is 26.0. The number of carbonyl (C=O) groups excluding carboxylic acids is 4. The molecule has 0 saturated heterocycles. The van der Waals surface area contributed by atoms with Crippen LogP contribution in [0.2, 0.25) is 0 Å². The number of benzene rings is 4. The first kappa shape index (κ1) is 26.0. The van der Waals surface area contributed by atoms with E-state index < -0.39 is 11.9 Å². The number of nitrogens with zero attached hydrogens (tertiary/aromatic N) is 1. The van der Waals surface area contributed by atoms with Crippen LogP contribution in [0.4, 0.5) is 5.69 Å². The van der Waals surface area contributed by atoms with E-state index in [4.69, 9.17) is 0 Å². The highest BCUT2D eigenvalue weighted by molar-refractivity contribution is 6.21. The quantitative estimate of drug-likeness (QED) is 0.180. The smallest absolute Gasteiger partial charge is 0.336 e. The van der Waals surface area contributed by atoms with E-state index in [0.717, 1.165) is 4.90 Å². The Morgan fingerprint density at radius 2 is 1.40 bits per heavy atom. The summed E-state index contributed by atoms with van der Waals surface area (Å²) in [5.41, 5.74) is 2.82. The van der Waals surface area contributed by atoms with Gasteiger partial charge in [-0.05, 0) is 59.7 Å². The number of amides is 3. The zero-order valence-corrected chi connectivity index (χ0v) is 21.0. The van der Waals surface area contributed by atoms with Crippen LogP contribution in [0.15, 0.2) is 103 Å². The van der Waals surface area contributed by atoms with Gasteiger partial charge in [-0.15, -0.1) is 0 Å². The standard InChI is InChI=1S/C32H22N2O6/c35-28(16-15-21-8-1-2-12-25(21)32(39)40)22-9-6-11-24(18-22)33-29(36)23-10-5-7-20(17-23)19-34-30(37)26-13-3-4-14-27(26)31(34)38/h1-18H,19H2,(H,33,36)(H,39,40)/b16-15+. The highest BCUT2D eigenvalue weighted by atomic mass is 16.4. The van der Waals surface area contributed by atoms with Crippen LogP contribution in [-0.2, 0) is 6.54 Å². The fourth-order valence-corrected chi connectivity index (χ4v) is 4.43. The predicted molar refractivity (Wildman–Crippen MR) is 148 cm³/mol. The van der Waals surface area contributed by atoms with Crippen LogP contribution in [-0.4, -0.2) is 39.5 Å². The number of allylic oxidation sites excluding steroid dienone is 1. The van der Waals surface area contributed by atoms with Crippen molar-refractivity contribution >= 4 is 41.2 Å². The Balaban J connectivity index is 1.27. The Hall–Kier alpha value is -5.63. The number of nitrogens with one attached hydrogen (secondary N) is 1. The number of hydrogen-bond donors (Lipinski definition) is 2. The molecule has 0 fully saturated rings. The zero-order chi connectivity index (χ0) is 28.2. The highest BCUT2D eigenvalue weighted by Gasteiger charge is 2.35. The molecule has 5 rings (SSSR count). The van der Waals surface area contributed by atoms with Gasteiger partial charge >= 0.3 is 5.97 Å². The lowest BCUT2D eigenvalue weighted by Gasteiger charge is -2.14. The van der Waals surface area contributed by atoms with Crippen LogP contribution < -0.4 is 5.32 Å². The summed E-state index contributed by atoms with van der Waals surface area (Å²) in [7, 11) is 0. The molecule has 1 heterocycles. The van der Waals surface area contributed by atoms with Gasteiger partial charge in [-0.1, -0.05) is 60.7 Å². The molecule has 3 amide bonds. The van der Waals surface area contributed by atoms with E-state index in [1.54, 1.807) is 84.9 Å². The molecular weight excluding hydrogens is 508 g/mol. The molecule has 0 bridgehead atoms. The Morgan fingerprint density at radius 3 is 2.12 bits per heavy atom. The molecule has 4 aromatic rings. The average molecular weight is 531 g/mol. The molecule has 1 aliphatic heterocycles. The van der Waals surface area contributed by atoms with Gasteiger partial charge in [0.25, 0.3) is 17.7 Å². The second-order valence-electron chi connectivity index (χ2n) is 9.07. The van der Waals surface area contributed by atoms with Crippen molar-refractivity contribution in [2.24, 2.45) is 0 Å². The van der Waals surface area contributed by atoms with Crippen molar-refractivity contribution in [1.29, 1.82) is 0 Å². The molecule has 0 aliphatic carbocycles. The van der Waals surface area contributed by atoms with E-state index in [1.807, 2.05) is 0 Å². The van der Waals surface area contributed by atoms with Crippen molar-refractivity contribution in [2.45, 2.75) is 6.54 Å². The number of fused-ring (bicyclic) bond motifs is 1. The van der Waals surface area contributed by atoms with Crippen molar-refractivity contribution < 1.29 is 29.1 Å². The number of imide groups is 1. The maximum Gasteiger partial charge on any atom is 0.336 e. The van der Waals surface area contributed by atoms with Crippen molar-refractivity contribution in [3.8, 4) is 0 Å². The number of anilines is 1. The molecule has 0 radical (unpaired) electrons. The molecule has 8 heteroatoms. The molecule has 8 nitrogen and oxygen atoms in total. The fourth-order valence-electron chi connectivity index (χ4n) is 4.43. The van der Waals surface area contributed by atoms with Gasteiger partial charge in [-0.3, -0.25) is 24.1 Å². The first-order valence-electron chi connectivity index (χ1n) is 12.3. The Kier molecular flexibility index (Phi) is 7.15. The maximum atomic E-state index is 13.0. The molecule has 196 valence electrons. The molecule has 40 heavy (non-hydrogen) atoms. The van der Waals surface area contributed by atoms with Gasteiger partial charge in [0.15, 0.2) is 5.78 Å². The molecule has 2 N–H and O–H groups in total. The minimum atomic E-state index is -1.09. The van der Waals surface area contributed by atoms with Gasteiger partial charge in [0.2, 0.25) is 0 Å². The molecule has 0 aromatic heterocycles. The van der Waals surface area contributed by atoms with E-state index in [1.165, 1.54) is 24.3 Å². The summed E-state index contributed by atoms with van der Waals surface area (Å²) in [6.45, 7) is 0.0226. The summed E-state index contributed by atoms with van der Waals surface area (Å²) in [5, 5.41) is 12.1.